The van der Waals surface area contributed by atoms with Crippen molar-refractivity contribution < 1.29 is 13.2 Å². The zero-order valence-corrected chi connectivity index (χ0v) is 15.0. The molecule has 2 aliphatic heterocycles. The minimum Gasteiger partial charge on any atom is -0.331 e. The third-order valence-electron chi connectivity index (χ3n) is 5.05. The van der Waals surface area contributed by atoms with E-state index in [2.05, 4.69) is 4.90 Å². The molecule has 3 aliphatic rings. The van der Waals surface area contributed by atoms with Gasteiger partial charge in [-0.1, -0.05) is 11.6 Å². The Hall–Kier alpha value is -0.630. The van der Waals surface area contributed by atoms with Gasteiger partial charge in [0.1, 0.15) is 4.88 Å². The van der Waals surface area contributed by atoms with Gasteiger partial charge in [-0.3, -0.25) is 9.69 Å². The molecule has 2 saturated heterocycles. The molecule has 0 bridgehead atoms. The van der Waals surface area contributed by atoms with Crippen molar-refractivity contribution in [1.82, 2.24) is 9.80 Å². The van der Waals surface area contributed by atoms with Gasteiger partial charge < -0.3 is 4.90 Å². The topological polar surface area (TPSA) is 57.7 Å². The first-order valence-corrected chi connectivity index (χ1v) is 11.0. The van der Waals surface area contributed by atoms with E-state index in [1.54, 1.807) is 16.3 Å². The maximum absolute atomic E-state index is 12.8. The normalized spacial score (nSPS) is 30.4. The van der Waals surface area contributed by atoms with Crippen molar-refractivity contribution in [3.05, 3.63) is 21.3 Å². The molecule has 1 saturated carbocycles. The van der Waals surface area contributed by atoms with Crippen molar-refractivity contribution in [3.8, 4) is 0 Å². The molecule has 1 aliphatic carbocycles. The average molecular weight is 375 g/mol. The van der Waals surface area contributed by atoms with Gasteiger partial charge >= 0.3 is 0 Å². The highest BCUT2D eigenvalue weighted by Gasteiger charge is 2.49. The highest BCUT2D eigenvalue weighted by atomic mass is 35.5. The summed E-state index contributed by atoms with van der Waals surface area (Å²) in [6, 6.07) is 1.42. The van der Waals surface area contributed by atoms with Crippen molar-refractivity contribution in [3.63, 3.8) is 0 Å². The molecule has 4 rings (SSSR count). The summed E-state index contributed by atoms with van der Waals surface area (Å²) < 4.78 is 24.4. The van der Waals surface area contributed by atoms with Crippen LogP contribution in [0.1, 0.15) is 22.5 Å². The van der Waals surface area contributed by atoms with Crippen molar-refractivity contribution in [2.75, 3.05) is 31.1 Å². The molecular weight excluding hydrogens is 356 g/mol. The van der Waals surface area contributed by atoms with Crippen LogP contribution in [-0.4, -0.2) is 67.3 Å². The lowest BCUT2D eigenvalue weighted by molar-refractivity contribution is 0.0322. The first-order chi connectivity index (χ1) is 10.9. The molecule has 23 heavy (non-hydrogen) atoms. The second kappa shape index (κ2) is 5.72. The molecule has 0 spiro atoms. The van der Waals surface area contributed by atoms with E-state index in [1.807, 2.05) is 0 Å². The molecule has 1 amide bonds. The minimum absolute atomic E-state index is 0.0583. The van der Waals surface area contributed by atoms with E-state index in [0.29, 0.717) is 22.4 Å². The van der Waals surface area contributed by atoms with Crippen LogP contribution < -0.4 is 0 Å². The van der Waals surface area contributed by atoms with Crippen LogP contribution in [0.5, 0.6) is 0 Å². The number of hydrogen-bond acceptors (Lipinski definition) is 5. The predicted octanol–water partition coefficient (Wildman–Crippen LogP) is 1.73. The van der Waals surface area contributed by atoms with Gasteiger partial charge in [0.05, 0.1) is 22.6 Å². The van der Waals surface area contributed by atoms with Crippen LogP contribution in [0, 0.1) is 5.92 Å². The molecule has 1 aromatic rings. The molecule has 3 fully saturated rings. The van der Waals surface area contributed by atoms with Crippen LogP contribution in [0.15, 0.2) is 11.4 Å². The fourth-order valence-corrected chi connectivity index (χ4v) is 6.82. The van der Waals surface area contributed by atoms with Crippen molar-refractivity contribution >= 4 is 38.7 Å². The van der Waals surface area contributed by atoms with Crippen LogP contribution in [-0.2, 0) is 9.84 Å². The first-order valence-electron chi connectivity index (χ1n) is 7.93. The van der Waals surface area contributed by atoms with E-state index < -0.39 is 9.84 Å². The Balaban J connectivity index is 1.59. The molecule has 0 radical (unpaired) electrons. The number of hydrogen-bond donors (Lipinski definition) is 0. The summed E-state index contributed by atoms with van der Waals surface area (Å²) in [7, 11) is -3.09. The van der Waals surface area contributed by atoms with Gasteiger partial charge in [-0.15, -0.1) is 11.3 Å². The van der Waals surface area contributed by atoms with E-state index in [-0.39, 0.29) is 29.5 Å². The van der Waals surface area contributed by atoms with Gasteiger partial charge in [0, 0.05) is 25.7 Å². The smallest absolute Gasteiger partial charge is 0.265 e. The number of piperazine rings is 1. The Morgan fingerprint density at radius 2 is 2.00 bits per heavy atom. The molecule has 126 valence electrons. The molecule has 0 N–H and O–H groups in total. The second-order valence-electron chi connectivity index (χ2n) is 6.75. The summed E-state index contributed by atoms with van der Waals surface area (Å²) in [6.45, 7) is 2.30. The van der Waals surface area contributed by atoms with Crippen molar-refractivity contribution in [2.24, 2.45) is 5.92 Å². The van der Waals surface area contributed by atoms with Crippen LogP contribution in [0.3, 0.4) is 0 Å². The highest BCUT2D eigenvalue weighted by molar-refractivity contribution is 7.91. The fourth-order valence-electron chi connectivity index (χ4n) is 3.71. The lowest BCUT2D eigenvalue weighted by Crippen LogP contribution is -2.60. The highest BCUT2D eigenvalue weighted by Crippen LogP contribution is 2.35. The van der Waals surface area contributed by atoms with E-state index in [0.717, 1.165) is 13.1 Å². The van der Waals surface area contributed by atoms with Gasteiger partial charge in [-0.25, -0.2) is 8.42 Å². The number of carbonyl (C=O) groups is 1. The lowest BCUT2D eigenvalue weighted by Gasteiger charge is -2.44. The summed E-state index contributed by atoms with van der Waals surface area (Å²) in [5.41, 5.74) is 0. The van der Waals surface area contributed by atoms with Crippen LogP contribution in [0.25, 0.3) is 0 Å². The van der Waals surface area contributed by atoms with E-state index in [1.165, 1.54) is 24.2 Å². The van der Waals surface area contributed by atoms with E-state index in [9.17, 15) is 13.2 Å². The average Bonchev–Trinajstić information content (AvgIpc) is 3.09. The molecule has 8 heteroatoms. The maximum Gasteiger partial charge on any atom is 0.265 e. The summed E-state index contributed by atoms with van der Waals surface area (Å²) >= 11 is 7.41. The fraction of sp³-hybridized carbons (Fsp3) is 0.667. The third-order valence-corrected chi connectivity index (χ3v) is 8.08. The van der Waals surface area contributed by atoms with Crippen LogP contribution in [0.2, 0.25) is 5.02 Å². The number of fused-ring (bicyclic) bond motifs is 1. The quantitative estimate of drug-likeness (QED) is 0.808. The number of thiophene rings is 1. The van der Waals surface area contributed by atoms with Crippen molar-refractivity contribution in [1.29, 1.82) is 0 Å². The van der Waals surface area contributed by atoms with Crippen LogP contribution in [0.4, 0.5) is 0 Å². The molecule has 5 nitrogen and oxygen atoms in total. The summed E-state index contributed by atoms with van der Waals surface area (Å²) in [6.07, 6.45) is 2.49. The zero-order valence-electron chi connectivity index (χ0n) is 12.7. The number of rotatable bonds is 3. The largest absolute Gasteiger partial charge is 0.331 e. The Bertz CT molecular complexity index is 729. The summed E-state index contributed by atoms with van der Waals surface area (Å²) in [4.78, 5) is 17.4. The molecule has 3 heterocycles. The molecule has 1 aromatic heterocycles. The Morgan fingerprint density at radius 1 is 1.26 bits per heavy atom. The molecule has 2 atom stereocenters. The van der Waals surface area contributed by atoms with E-state index >= 15 is 0 Å². The van der Waals surface area contributed by atoms with Gasteiger partial charge in [0.25, 0.3) is 5.91 Å². The number of carbonyl (C=O) groups excluding carboxylic acids is 1. The standard InChI is InChI=1S/C15H19ClN2O3S2/c16-11-3-6-22-14(11)15(19)18-5-4-17(7-10-1-2-10)12-8-23(20,21)9-13(12)18/h3,6,10,12-13H,1-2,4-5,7-9H2. The predicted molar refractivity (Wildman–Crippen MR) is 90.9 cm³/mol. The summed E-state index contributed by atoms with van der Waals surface area (Å²) in [5.74, 6) is 0.844. The molecule has 0 aromatic carbocycles. The maximum atomic E-state index is 12.8. The zero-order chi connectivity index (χ0) is 16.2. The SMILES string of the molecule is O=C(c1sccc1Cl)N1CCN(CC2CC2)C2CS(=O)(=O)CC21. The van der Waals surface area contributed by atoms with Crippen molar-refractivity contribution in [2.45, 2.75) is 24.9 Å². The third kappa shape index (κ3) is 3.04. The number of amides is 1. The Kier molecular flexibility index (Phi) is 3.95. The van der Waals surface area contributed by atoms with Crippen LogP contribution >= 0.6 is 22.9 Å². The molecular formula is C15H19ClN2O3S2. The number of nitrogens with zero attached hydrogens (tertiary/aromatic N) is 2. The minimum atomic E-state index is -3.09. The lowest BCUT2D eigenvalue weighted by atomic mass is 10.0. The number of halogens is 1. The molecule has 2 unspecified atom stereocenters. The van der Waals surface area contributed by atoms with Gasteiger partial charge in [0.15, 0.2) is 9.84 Å². The first kappa shape index (κ1) is 15.9. The van der Waals surface area contributed by atoms with E-state index in [4.69, 9.17) is 11.6 Å². The summed E-state index contributed by atoms with van der Waals surface area (Å²) in [5, 5.41) is 2.25. The van der Waals surface area contributed by atoms with Gasteiger partial charge in [0.2, 0.25) is 0 Å². The number of sulfone groups is 1. The van der Waals surface area contributed by atoms with Gasteiger partial charge in [-0.2, -0.15) is 0 Å². The Labute approximate surface area is 145 Å². The second-order valence-corrected chi connectivity index (χ2v) is 10.2. The van der Waals surface area contributed by atoms with Gasteiger partial charge in [-0.05, 0) is 30.2 Å². The monoisotopic (exact) mass is 374 g/mol. The Morgan fingerprint density at radius 3 is 2.65 bits per heavy atom.